The fourth-order valence-electron chi connectivity index (χ4n) is 3.47. The van der Waals surface area contributed by atoms with Gasteiger partial charge in [0.2, 0.25) is 5.95 Å². The number of carbonyl (C=O) groups excluding carboxylic acids is 1. The molecule has 0 bridgehead atoms. The second kappa shape index (κ2) is 6.74. The molecule has 0 aliphatic heterocycles. The summed E-state index contributed by atoms with van der Waals surface area (Å²) < 4.78 is 2.06. The molecule has 0 atom stereocenters. The summed E-state index contributed by atoms with van der Waals surface area (Å²) in [5, 5.41) is 3.98. The Morgan fingerprint density at radius 2 is 1.93 bits per heavy atom. The van der Waals surface area contributed by atoms with E-state index in [0.717, 1.165) is 51.3 Å². The van der Waals surface area contributed by atoms with Crippen molar-refractivity contribution < 1.29 is 4.79 Å². The van der Waals surface area contributed by atoms with Crippen molar-refractivity contribution in [3.63, 3.8) is 0 Å². The summed E-state index contributed by atoms with van der Waals surface area (Å²) in [5.74, 6) is 1.15. The standard InChI is InChI=1S/C20H21N5OS/c1-5-10-25-15-9-7-6-8-14(15)23-20(25)24-18(26)17-11(2)16-12(3)21-13(4)22-19(16)27-17/h6-9H,5,10H2,1-4H3,(H,23,24,26). The van der Waals surface area contributed by atoms with Gasteiger partial charge < -0.3 is 4.57 Å². The zero-order valence-electron chi connectivity index (χ0n) is 15.8. The summed E-state index contributed by atoms with van der Waals surface area (Å²) in [7, 11) is 0. The number of aromatic nitrogens is 4. The Kier molecular flexibility index (Phi) is 4.39. The lowest BCUT2D eigenvalue weighted by Crippen LogP contribution is -2.15. The van der Waals surface area contributed by atoms with Crippen LogP contribution in [0, 0.1) is 20.8 Å². The molecule has 7 heteroatoms. The number of thiophene rings is 1. The summed E-state index contributed by atoms with van der Waals surface area (Å²) in [6, 6.07) is 7.93. The van der Waals surface area contributed by atoms with Gasteiger partial charge in [-0.05, 0) is 44.9 Å². The van der Waals surface area contributed by atoms with Gasteiger partial charge in [0.25, 0.3) is 5.91 Å². The molecule has 0 saturated heterocycles. The molecule has 1 amide bonds. The van der Waals surface area contributed by atoms with Crippen molar-refractivity contribution in [1.29, 1.82) is 0 Å². The first kappa shape index (κ1) is 17.6. The third-order valence-electron chi connectivity index (χ3n) is 4.62. The maximum Gasteiger partial charge on any atom is 0.268 e. The number of hydrogen-bond acceptors (Lipinski definition) is 5. The molecule has 0 saturated carbocycles. The Balaban J connectivity index is 1.76. The molecule has 1 N–H and O–H groups in total. The second-order valence-corrected chi connectivity index (χ2v) is 7.62. The molecule has 4 rings (SSSR count). The van der Waals surface area contributed by atoms with Gasteiger partial charge in [0.1, 0.15) is 10.7 Å². The van der Waals surface area contributed by atoms with Crippen molar-refractivity contribution in [2.24, 2.45) is 0 Å². The van der Waals surface area contributed by atoms with E-state index in [2.05, 4.69) is 31.8 Å². The Morgan fingerprint density at radius 3 is 2.70 bits per heavy atom. The molecule has 3 aromatic heterocycles. The number of hydrogen-bond donors (Lipinski definition) is 1. The lowest BCUT2D eigenvalue weighted by molar-refractivity contribution is 0.102. The van der Waals surface area contributed by atoms with Gasteiger partial charge in [-0.3, -0.25) is 10.1 Å². The summed E-state index contributed by atoms with van der Waals surface area (Å²) >= 11 is 1.41. The van der Waals surface area contributed by atoms with Crippen LogP contribution in [0.3, 0.4) is 0 Å². The minimum atomic E-state index is -0.153. The lowest BCUT2D eigenvalue weighted by Gasteiger charge is -2.08. The molecule has 138 valence electrons. The van der Waals surface area contributed by atoms with E-state index in [0.29, 0.717) is 10.8 Å². The third kappa shape index (κ3) is 2.98. The minimum Gasteiger partial charge on any atom is -0.310 e. The largest absolute Gasteiger partial charge is 0.310 e. The molecular formula is C20H21N5OS. The minimum absolute atomic E-state index is 0.153. The van der Waals surface area contributed by atoms with Gasteiger partial charge in [0, 0.05) is 17.6 Å². The zero-order valence-corrected chi connectivity index (χ0v) is 16.6. The van der Waals surface area contributed by atoms with Crippen molar-refractivity contribution in [1.82, 2.24) is 19.5 Å². The monoisotopic (exact) mass is 379 g/mol. The maximum atomic E-state index is 13.0. The van der Waals surface area contributed by atoms with Crippen LogP contribution in [0.1, 0.15) is 40.1 Å². The molecule has 0 spiro atoms. The van der Waals surface area contributed by atoms with Crippen molar-refractivity contribution in [2.75, 3.05) is 5.32 Å². The summed E-state index contributed by atoms with van der Waals surface area (Å²) in [6.07, 6.45) is 0.958. The molecule has 4 aromatic rings. The van der Waals surface area contributed by atoms with Gasteiger partial charge in [-0.2, -0.15) is 0 Å². The van der Waals surface area contributed by atoms with Crippen molar-refractivity contribution in [3.05, 3.63) is 46.2 Å². The van der Waals surface area contributed by atoms with Gasteiger partial charge in [0.15, 0.2) is 0 Å². The van der Waals surface area contributed by atoms with Crippen molar-refractivity contribution in [3.8, 4) is 0 Å². The fraction of sp³-hybridized carbons (Fsp3) is 0.300. The highest BCUT2D eigenvalue weighted by molar-refractivity contribution is 7.20. The van der Waals surface area contributed by atoms with Gasteiger partial charge in [-0.25, -0.2) is 15.0 Å². The number of anilines is 1. The second-order valence-electron chi connectivity index (χ2n) is 6.62. The average Bonchev–Trinajstić information content (AvgIpc) is 3.13. The number of imidazole rings is 1. The topological polar surface area (TPSA) is 72.7 Å². The van der Waals surface area contributed by atoms with Gasteiger partial charge in [-0.15, -0.1) is 11.3 Å². The third-order valence-corrected chi connectivity index (χ3v) is 5.80. The zero-order chi connectivity index (χ0) is 19.1. The Hall–Kier alpha value is -2.80. The molecule has 0 fully saturated rings. The van der Waals surface area contributed by atoms with E-state index >= 15 is 0 Å². The van der Waals surface area contributed by atoms with Crippen LogP contribution in [-0.4, -0.2) is 25.4 Å². The molecule has 3 heterocycles. The number of para-hydroxylation sites is 2. The van der Waals surface area contributed by atoms with E-state index in [1.807, 2.05) is 45.0 Å². The number of carbonyl (C=O) groups is 1. The fourth-order valence-corrected chi connectivity index (χ4v) is 4.64. The molecule has 0 radical (unpaired) electrons. The predicted octanol–water partition coefficient (Wildman–Crippen LogP) is 4.63. The Labute approximate surface area is 161 Å². The quantitative estimate of drug-likeness (QED) is 0.561. The Bertz CT molecular complexity index is 1170. The molecule has 0 unspecified atom stereocenters. The van der Waals surface area contributed by atoms with Crippen LogP contribution >= 0.6 is 11.3 Å². The number of nitrogens with one attached hydrogen (secondary N) is 1. The van der Waals surface area contributed by atoms with Crippen LogP contribution in [0.4, 0.5) is 5.95 Å². The normalized spacial score (nSPS) is 11.4. The van der Waals surface area contributed by atoms with E-state index in [-0.39, 0.29) is 5.91 Å². The molecule has 6 nitrogen and oxygen atoms in total. The number of fused-ring (bicyclic) bond motifs is 2. The lowest BCUT2D eigenvalue weighted by atomic mass is 10.1. The Morgan fingerprint density at radius 1 is 1.15 bits per heavy atom. The van der Waals surface area contributed by atoms with Crippen LogP contribution in [-0.2, 0) is 6.54 Å². The molecule has 1 aromatic carbocycles. The highest BCUT2D eigenvalue weighted by Gasteiger charge is 2.21. The average molecular weight is 379 g/mol. The number of rotatable bonds is 4. The SMILES string of the molecule is CCCn1c(NC(=O)c2sc3nc(C)nc(C)c3c2C)nc2ccccc21. The first-order chi connectivity index (χ1) is 13.0. The van der Waals surface area contributed by atoms with E-state index < -0.39 is 0 Å². The first-order valence-electron chi connectivity index (χ1n) is 9.00. The van der Waals surface area contributed by atoms with Gasteiger partial charge in [-0.1, -0.05) is 19.1 Å². The van der Waals surface area contributed by atoms with Gasteiger partial charge in [0.05, 0.1) is 15.9 Å². The van der Waals surface area contributed by atoms with E-state index in [9.17, 15) is 4.79 Å². The van der Waals surface area contributed by atoms with Crippen LogP contribution in [0.25, 0.3) is 21.3 Å². The van der Waals surface area contributed by atoms with E-state index in [1.54, 1.807) is 0 Å². The van der Waals surface area contributed by atoms with Crippen molar-refractivity contribution >= 4 is 44.4 Å². The molecule has 27 heavy (non-hydrogen) atoms. The van der Waals surface area contributed by atoms with Gasteiger partial charge >= 0.3 is 0 Å². The van der Waals surface area contributed by atoms with Crippen LogP contribution < -0.4 is 5.32 Å². The van der Waals surface area contributed by atoms with E-state index in [1.165, 1.54) is 11.3 Å². The summed E-state index contributed by atoms with van der Waals surface area (Å²) in [4.78, 5) is 28.1. The molecule has 0 aliphatic carbocycles. The number of aryl methyl sites for hydroxylation is 4. The highest BCUT2D eigenvalue weighted by atomic mass is 32.1. The molecule has 0 aliphatic rings. The number of amides is 1. The maximum absolute atomic E-state index is 13.0. The van der Waals surface area contributed by atoms with E-state index in [4.69, 9.17) is 0 Å². The van der Waals surface area contributed by atoms with Crippen molar-refractivity contribution in [2.45, 2.75) is 40.7 Å². The predicted molar refractivity (Wildman–Crippen MR) is 110 cm³/mol. The highest BCUT2D eigenvalue weighted by Crippen LogP contribution is 2.32. The number of nitrogens with zero attached hydrogens (tertiary/aromatic N) is 4. The van der Waals surface area contributed by atoms with Crippen LogP contribution in [0.5, 0.6) is 0 Å². The smallest absolute Gasteiger partial charge is 0.268 e. The van der Waals surface area contributed by atoms with Crippen LogP contribution in [0.15, 0.2) is 24.3 Å². The summed E-state index contributed by atoms with van der Waals surface area (Å²) in [6.45, 7) is 8.69. The van der Waals surface area contributed by atoms with Crippen LogP contribution in [0.2, 0.25) is 0 Å². The first-order valence-corrected chi connectivity index (χ1v) is 9.82. The summed E-state index contributed by atoms with van der Waals surface area (Å²) in [5.41, 5.74) is 3.73. The number of benzene rings is 1. The molecular weight excluding hydrogens is 358 g/mol.